The largest absolute Gasteiger partial charge is 0.489 e. The number of nitrogens with one attached hydrogen (secondary N) is 1. The molecule has 1 aliphatic rings. The summed E-state index contributed by atoms with van der Waals surface area (Å²) in [5.41, 5.74) is 7.35. The zero-order valence-corrected chi connectivity index (χ0v) is 14.5. The van der Waals surface area contributed by atoms with Crippen LogP contribution in [0.25, 0.3) is 0 Å². The summed E-state index contributed by atoms with van der Waals surface area (Å²) >= 11 is 6.00. The maximum Gasteiger partial charge on any atom is 0.269 e. The van der Waals surface area contributed by atoms with Crippen LogP contribution >= 0.6 is 11.6 Å². The van der Waals surface area contributed by atoms with Crippen LogP contribution in [0.1, 0.15) is 25.3 Å². The van der Waals surface area contributed by atoms with Gasteiger partial charge in [0, 0.05) is 19.3 Å². The smallest absolute Gasteiger partial charge is 0.269 e. The van der Waals surface area contributed by atoms with Crippen LogP contribution in [0.4, 0.5) is 4.39 Å². The van der Waals surface area contributed by atoms with Gasteiger partial charge < -0.3 is 15.8 Å². The second-order valence-electron chi connectivity index (χ2n) is 5.53. The number of rotatable bonds is 7. The summed E-state index contributed by atoms with van der Waals surface area (Å²) in [5, 5.41) is 2.85. The summed E-state index contributed by atoms with van der Waals surface area (Å²) in [6.45, 7) is 2.19. The molecule has 0 bridgehead atoms. The number of hydrogen-bond donors (Lipinski definition) is 2. The molecule has 0 spiro atoms. The minimum absolute atomic E-state index is 0.0187. The number of allylic oxidation sites excluding steroid dienone is 1. The predicted octanol–water partition coefficient (Wildman–Crippen LogP) is 2.82. The lowest BCUT2D eigenvalue weighted by molar-refractivity contribution is -0.114. The molecule has 5 nitrogen and oxygen atoms in total. The SMILES string of the molecule is CCOc1c(F)cc(CNC(=O)C(C=C(N)C2CC2)=NC)cc1Cl. The third-order valence-electron chi connectivity index (χ3n) is 3.63. The minimum Gasteiger partial charge on any atom is -0.489 e. The molecule has 1 saturated carbocycles. The lowest BCUT2D eigenvalue weighted by atomic mass is 10.2. The van der Waals surface area contributed by atoms with E-state index in [4.69, 9.17) is 22.1 Å². The highest BCUT2D eigenvalue weighted by Gasteiger charge is 2.25. The van der Waals surface area contributed by atoms with Crippen molar-refractivity contribution in [1.29, 1.82) is 0 Å². The van der Waals surface area contributed by atoms with Crippen molar-refractivity contribution in [1.82, 2.24) is 5.32 Å². The van der Waals surface area contributed by atoms with Crippen molar-refractivity contribution >= 4 is 23.2 Å². The van der Waals surface area contributed by atoms with E-state index in [-0.39, 0.29) is 28.9 Å². The number of nitrogens with two attached hydrogens (primary N) is 1. The zero-order valence-electron chi connectivity index (χ0n) is 13.7. The molecule has 130 valence electrons. The Hall–Kier alpha value is -2.08. The molecule has 1 aromatic carbocycles. The second-order valence-corrected chi connectivity index (χ2v) is 5.94. The maximum absolute atomic E-state index is 13.9. The molecule has 1 aliphatic carbocycles. The number of nitrogens with zero attached hydrogens (tertiary/aromatic N) is 1. The van der Waals surface area contributed by atoms with E-state index in [1.54, 1.807) is 19.1 Å². The highest BCUT2D eigenvalue weighted by atomic mass is 35.5. The first-order chi connectivity index (χ1) is 11.5. The van der Waals surface area contributed by atoms with E-state index in [9.17, 15) is 9.18 Å². The molecule has 0 aliphatic heterocycles. The Morgan fingerprint density at radius 2 is 2.25 bits per heavy atom. The number of hydrogen-bond acceptors (Lipinski definition) is 4. The third kappa shape index (κ3) is 4.71. The number of carbonyl (C=O) groups excluding carboxylic acids is 1. The fourth-order valence-corrected chi connectivity index (χ4v) is 2.48. The van der Waals surface area contributed by atoms with Gasteiger partial charge in [-0.3, -0.25) is 9.79 Å². The summed E-state index contributed by atoms with van der Waals surface area (Å²) in [7, 11) is 1.53. The van der Waals surface area contributed by atoms with E-state index in [0.29, 0.717) is 23.8 Å². The van der Waals surface area contributed by atoms with E-state index >= 15 is 0 Å². The number of halogens is 2. The Bertz CT molecular complexity index is 661. The van der Waals surface area contributed by atoms with E-state index < -0.39 is 5.82 Å². The molecule has 2 rings (SSSR count). The van der Waals surface area contributed by atoms with Crippen LogP contribution in [-0.2, 0) is 11.3 Å². The Balaban J connectivity index is 2.01. The first-order valence-electron chi connectivity index (χ1n) is 7.79. The minimum atomic E-state index is -0.559. The van der Waals surface area contributed by atoms with Crippen molar-refractivity contribution in [3.8, 4) is 5.75 Å². The van der Waals surface area contributed by atoms with Crippen molar-refractivity contribution in [3.05, 3.63) is 40.3 Å². The summed E-state index contributed by atoms with van der Waals surface area (Å²) in [4.78, 5) is 16.1. The molecular formula is C17H21ClFN3O2. The van der Waals surface area contributed by atoms with Gasteiger partial charge in [-0.25, -0.2) is 4.39 Å². The first kappa shape index (κ1) is 18.3. The van der Waals surface area contributed by atoms with Crippen molar-refractivity contribution < 1.29 is 13.9 Å². The van der Waals surface area contributed by atoms with Crippen LogP contribution in [0.2, 0.25) is 5.02 Å². The van der Waals surface area contributed by atoms with Gasteiger partial charge in [-0.1, -0.05) is 11.6 Å². The average Bonchev–Trinajstić information content (AvgIpc) is 3.38. The van der Waals surface area contributed by atoms with Gasteiger partial charge in [-0.2, -0.15) is 0 Å². The predicted molar refractivity (Wildman–Crippen MR) is 92.8 cm³/mol. The Morgan fingerprint density at radius 1 is 1.54 bits per heavy atom. The third-order valence-corrected chi connectivity index (χ3v) is 3.91. The Kier molecular flexibility index (Phi) is 6.20. The van der Waals surface area contributed by atoms with Crippen molar-refractivity contribution in [2.45, 2.75) is 26.3 Å². The zero-order chi connectivity index (χ0) is 17.7. The second kappa shape index (κ2) is 8.15. The highest BCUT2D eigenvalue weighted by molar-refractivity contribution is 6.43. The fraction of sp³-hybridized carbons (Fsp3) is 0.412. The van der Waals surface area contributed by atoms with Crippen molar-refractivity contribution in [2.75, 3.05) is 13.7 Å². The van der Waals surface area contributed by atoms with Crippen molar-refractivity contribution in [2.24, 2.45) is 16.6 Å². The van der Waals surface area contributed by atoms with Crippen LogP contribution in [0.15, 0.2) is 28.9 Å². The van der Waals surface area contributed by atoms with E-state index in [0.717, 1.165) is 12.8 Å². The van der Waals surface area contributed by atoms with Gasteiger partial charge in [0.2, 0.25) is 0 Å². The molecule has 7 heteroatoms. The number of carbonyl (C=O) groups is 1. The normalized spacial score (nSPS) is 15.3. The molecule has 0 saturated heterocycles. The number of aliphatic imine (C=N–C) groups is 1. The van der Waals surface area contributed by atoms with Crippen LogP contribution < -0.4 is 15.8 Å². The summed E-state index contributed by atoms with van der Waals surface area (Å²) < 4.78 is 19.1. The molecule has 0 unspecified atom stereocenters. The molecule has 24 heavy (non-hydrogen) atoms. The van der Waals surface area contributed by atoms with E-state index in [2.05, 4.69) is 10.3 Å². The quantitative estimate of drug-likeness (QED) is 0.740. The van der Waals surface area contributed by atoms with Gasteiger partial charge in [-0.15, -0.1) is 0 Å². The number of benzene rings is 1. The fourth-order valence-electron chi connectivity index (χ4n) is 2.19. The van der Waals surface area contributed by atoms with Gasteiger partial charge >= 0.3 is 0 Å². The summed E-state index contributed by atoms with van der Waals surface area (Å²) in [6, 6.07) is 2.85. The molecule has 0 heterocycles. The number of ether oxygens (including phenoxy) is 1. The van der Waals surface area contributed by atoms with Crippen LogP contribution in [0.5, 0.6) is 5.75 Å². The first-order valence-corrected chi connectivity index (χ1v) is 8.16. The highest BCUT2D eigenvalue weighted by Crippen LogP contribution is 2.33. The Morgan fingerprint density at radius 3 is 2.79 bits per heavy atom. The molecule has 0 atom stereocenters. The molecule has 1 amide bonds. The van der Waals surface area contributed by atoms with E-state index in [1.807, 2.05) is 0 Å². The topological polar surface area (TPSA) is 76.7 Å². The molecule has 1 fully saturated rings. The standard InChI is InChI=1S/C17H21ClFN3O2/c1-3-24-16-12(18)6-10(7-13(16)19)9-22-17(23)15(21-2)8-14(20)11-4-5-11/h6-8,11H,3-5,9,20H2,1-2H3,(H,22,23). The average molecular weight is 354 g/mol. The van der Waals surface area contributed by atoms with Crippen LogP contribution in [0.3, 0.4) is 0 Å². The van der Waals surface area contributed by atoms with E-state index in [1.165, 1.54) is 13.1 Å². The van der Waals surface area contributed by atoms with Gasteiger partial charge in [0.15, 0.2) is 11.6 Å². The van der Waals surface area contributed by atoms with Gasteiger partial charge in [0.25, 0.3) is 5.91 Å². The van der Waals surface area contributed by atoms with Crippen LogP contribution in [-0.4, -0.2) is 25.3 Å². The molecule has 0 aromatic heterocycles. The molecular weight excluding hydrogens is 333 g/mol. The summed E-state index contributed by atoms with van der Waals surface area (Å²) in [6.07, 6.45) is 3.69. The van der Waals surface area contributed by atoms with Gasteiger partial charge in [-0.05, 0) is 49.5 Å². The van der Waals surface area contributed by atoms with Crippen molar-refractivity contribution in [3.63, 3.8) is 0 Å². The number of amides is 1. The summed E-state index contributed by atoms with van der Waals surface area (Å²) in [5.74, 6) is -0.555. The lowest BCUT2D eigenvalue weighted by Gasteiger charge is -2.10. The van der Waals surface area contributed by atoms with Crippen LogP contribution in [0, 0.1) is 11.7 Å². The van der Waals surface area contributed by atoms with Gasteiger partial charge in [0.1, 0.15) is 5.71 Å². The Labute approximate surface area is 145 Å². The molecule has 1 aromatic rings. The monoisotopic (exact) mass is 353 g/mol. The molecule has 0 radical (unpaired) electrons. The molecule has 3 N–H and O–H groups in total. The van der Waals surface area contributed by atoms with Gasteiger partial charge in [0.05, 0.1) is 11.6 Å². The maximum atomic E-state index is 13.9. The lowest BCUT2D eigenvalue weighted by Crippen LogP contribution is -2.30.